The summed E-state index contributed by atoms with van der Waals surface area (Å²) in [5, 5.41) is 7.96. The van der Waals surface area contributed by atoms with E-state index in [9.17, 15) is 14.4 Å². The smallest absolute Gasteiger partial charge is 0.262 e. The maximum Gasteiger partial charge on any atom is 0.262 e. The number of pyridine rings is 2. The Morgan fingerprint density at radius 3 is 2.55 bits per heavy atom. The molecular weight excluding hydrogens is 416 g/mol. The van der Waals surface area contributed by atoms with Crippen LogP contribution in [0.2, 0.25) is 0 Å². The zero-order valence-corrected chi connectivity index (χ0v) is 16.6. The molecule has 4 N–H and O–H groups in total. The third-order valence-corrected chi connectivity index (χ3v) is 5.52. The summed E-state index contributed by atoms with van der Waals surface area (Å²) >= 11 is 1.44. The van der Waals surface area contributed by atoms with Crippen molar-refractivity contribution >= 4 is 39.8 Å². The van der Waals surface area contributed by atoms with Crippen molar-refractivity contribution in [2.24, 2.45) is 0 Å². The van der Waals surface area contributed by atoms with Crippen molar-refractivity contribution in [2.45, 2.75) is 0 Å². The summed E-state index contributed by atoms with van der Waals surface area (Å²) in [6.45, 7) is 0. The Morgan fingerprint density at radius 1 is 1.00 bits per heavy atom. The maximum atomic E-state index is 12.5. The molecule has 0 atom stereocenters. The van der Waals surface area contributed by atoms with Crippen LogP contribution in [0.25, 0.3) is 17.1 Å². The zero-order chi connectivity index (χ0) is 21.5. The molecule has 0 fully saturated rings. The van der Waals surface area contributed by atoms with Gasteiger partial charge in [-0.1, -0.05) is 6.07 Å². The molecule has 31 heavy (non-hydrogen) atoms. The highest BCUT2D eigenvalue weighted by atomic mass is 32.1. The van der Waals surface area contributed by atoms with Crippen molar-refractivity contribution in [1.82, 2.24) is 19.9 Å². The van der Waals surface area contributed by atoms with Gasteiger partial charge in [0, 0.05) is 23.3 Å². The second kappa shape index (κ2) is 7.18. The van der Waals surface area contributed by atoms with Gasteiger partial charge in [-0.25, -0.2) is 4.98 Å². The molecule has 152 valence electrons. The monoisotopic (exact) mass is 430 g/mol. The number of amides is 2. The predicted octanol–water partition coefficient (Wildman–Crippen LogP) is 2.57. The van der Waals surface area contributed by atoms with E-state index in [1.54, 1.807) is 30.5 Å². The van der Waals surface area contributed by atoms with Crippen LogP contribution in [0.15, 0.2) is 64.9 Å². The van der Waals surface area contributed by atoms with E-state index in [2.05, 4.69) is 20.6 Å². The fraction of sp³-hybridized carbons (Fsp3) is 0. The molecule has 5 rings (SSSR count). The number of nitrogens with zero attached hydrogens (tertiary/aromatic N) is 3. The molecule has 0 aliphatic carbocycles. The predicted molar refractivity (Wildman–Crippen MR) is 117 cm³/mol. The molecule has 4 heterocycles. The van der Waals surface area contributed by atoms with Gasteiger partial charge in [0.25, 0.3) is 17.4 Å². The number of nitrogens with two attached hydrogens (primary N) is 1. The summed E-state index contributed by atoms with van der Waals surface area (Å²) in [4.78, 5) is 45.1. The first kappa shape index (κ1) is 18.7. The third kappa shape index (κ3) is 3.24. The first-order valence-corrected chi connectivity index (χ1v) is 10.0. The first-order valence-electron chi connectivity index (χ1n) is 9.17. The van der Waals surface area contributed by atoms with E-state index in [0.717, 1.165) is 23.1 Å². The molecule has 2 amide bonds. The summed E-state index contributed by atoms with van der Waals surface area (Å²) in [6.07, 6.45) is 1.71. The van der Waals surface area contributed by atoms with Gasteiger partial charge >= 0.3 is 0 Å². The molecule has 0 unspecified atom stereocenters. The van der Waals surface area contributed by atoms with Crippen LogP contribution in [-0.2, 0) is 0 Å². The Kier molecular flexibility index (Phi) is 4.33. The summed E-state index contributed by atoms with van der Waals surface area (Å²) in [6, 6.07) is 13.7. The van der Waals surface area contributed by atoms with Crippen LogP contribution in [-0.4, -0.2) is 26.3 Å². The fourth-order valence-corrected chi connectivity index (χ4v) is 4.05. The zero-order valence-electron chi connectivity index (χ0n) is 15.8. The van der Waals surface area contributed by atoms with Crippen molar-refractivity contribution in [1.29, 1.82) is 0 Å². The van der Waals surface area contributed by atoms with E-state index in [0.29, 0.717) is 10.8 Å². The number of aromatic nitrogens is 3. The molecule has 0 bridgehead atoms. The largest absolute Gasteiger partial charge is 0.384 e. The molecule has 1 aliphatic heterocycles. The maximum absolute atomic E-state index is 12.5. The molecule has 1 aliphatic rings. The molecule has 0 spiro atoms. The van der Waals surface area contributed by atoms with E-state index in [1.807, 2.05) is 23.6 Å². The molecule has 0 radical (unpaired) electrons. The van der Waals surface area contributed by atoms with E-state index < -0.39 is 17.4 Å². The van der Waals surface area contributed by atoms with Gasteiger partial charge in [0.05, 0.1) is 22.5 Å². The number of fused-ring (bicyclic) bond motifs is 1. The Balaban J connectivity index is 1.42. The Labute approximate surface area is 179 Å². The number of nitrogens with one attached hydrogen (secondary N) is 2. The van der Waals surface area contributed by atoms with Crippen LogP contribution >= 0.6 is 11.3 Å². The van der Waals surface area contributed by atoms with Gasteiger partial charge < -0.3 is 11.1 Å². The number of hydrogen-bond acceptors (Lipinski definition) is 8. The van der Waals surface area contributed by atoms with Crippen molar-refractivity contribution in [2.75, 3.05) is 11.1 Å². The minimum atomic E-state index is -0.621. The molecular formula is C21H14N6O3S. The van der Waals surface area contributed by atoms with Crippen LogP contribution in [0, 0.1) is 0 Å². The van der Waals surface area contributed by atoms with E-state index in [1.165, 1.54) is 15.9 Å². The second-order valence-corrected chi connectivity index (χ2v) is 7.56. The Hall–Kier alpha value is -4.31. The van der Waals surface area contributed by atoms with Crippen LogP contribution in [0.3, 0.4) is 0 Å². The average Bonchev–Trinajstić information content (AvgIpc) is 3.34. The van der Waals surface area contributed by atoms with Crippen LogP contribution in [0.4, 0.5) is 16.6 Å². The van der Waals surface area contributed by atoms with Crippen LogP contribution in [0.1, 0.15) is 20.7 Å². The lowest BCUT2D eigenvalue weighted by Gasteiger charge is -2.12. The number of anilines is 3. The average molecular weight is 430 g/mol. The molecule has 4 aromatic rings. The molecule has 3 aromatic heterocycles. The summed E-state index contributed by atoms with van der Waals surface area (Å²) in [5.41, 5.74) is 8.35. The lowest BCUT2D eigenvalue weighted by molar-refractivity contribution is 0.0880. The fourth-order valence-electron chi connectivity index (χ4n) is 3.33. The molecule has 9 nitrogen and oxygen atoms in total. The minimum absolute atomic E-state index is 0.00508. The van der Waals surface area contributed by atoms with Crippen molar-refractivity contribution in [3.63, 3.8) is 0 Å². The van der Waals surface area contributed by atoms with Crippen LogP contribution < -0.4 is 21.9 Å². The number of carbonyl (C=O) groups is 2. The molecule has 0 saturated heterocycles. The molecule has 10 heteroatoms. The summed E-state index contributed by atoms with van der Waals surface area (Å²) < 4.78 is 1.20. The highest BCUT2D eigenvalue weighted by Gasteiger charge is 2.31. The Bertz CT molecular complexity index is 1390. The lowest BCUT2D eigenvalue weighted by atomic mass is 10.1. The number of nitrogen functional groups attached to an aromatic ring is 1. The van der Waals surface area contributed by atoms with Gasteiger partial charge in [-0.2, -0.15) is 0 Å². The van der Waals surface area contributed by atoms with E-state index in [4.69, 9.17) is 5.73 Å². The van der Waals surface area contributed by atoms with Gasteiger partial charge in [-0.05, 0) is 36.4 Å². The SMILES string of the molecule is Nc1c2c(cc(=O)n1-c1ccc(Nc3nc(-c4ccccn4)cs3)cc1)C(=O)NC2=O. The molecule has 1 aromatic carbocycles. The van der Waals surface area contributed by atoms with Crippen molar-refractivity contribution < 1.29 is 9.59 Å². The number of carbonyl (C=O) groups excluding carboxylic acids is 2. The highest BCUT2D eigenvalue weighted by Crippen LogP contribution is 2.27. The topological polar surface area (TPSA) is 132 Å². The standard InChI is InChI=1S/C21H14N6O3S/c22-18-17-13(19(29)26-20(17)30)9-16(28)27(18)12-6-4-11(5-7-12)24-21-25-15(10-31-21)14-3-1-2-8-23-14/h1-10H,22H2,(H,24,25)(H,26,29,30). The molecule has 0 saturated carbocycles. The normalized spacial score (nSPS) is 12.5. The van der Waals surface area contributed by atoms with Gasteiger partial charge in [0.2, 0.25) is 0 Å². The van der Waals surface area contributed by atoms with Gasteiger partial charge in [0.15, 0.2) is 5.13 Å². The van der Waals surface area contributed by atoms with Crippen LogP contribution in [0.5, 0.6) is 0 Å². The van der Waals surface area contributed by atoms with Crippen molar-refractivity contribution in [3.8, 4) is 17.1 Å². The summed E-state index contributed by atoms with van der Waals surface area (Å²) in [5.74, 6) is -1.31. The highest BCUT2D eigenvalue weighted by molar-refractivity contribution is 7.14. The van der Waals surface area contributed by atoms with E-state index in [-0.39, 0.29) is 16.9 Å². The third-order valence-electron chi connectivity index (χ3n) is 4.76. The number of rotatable bonds is 4. The lowest BCUT2D eigenvalue weighted by Crippen LogP contribution is -2.24. The minimum Gasteiger partial charge on any atom is -0.384 e. The number of thiazole rings is 1. The number of imide groups is 1. The van der Waals surface area contributed by atoms with E-state index >= 15 is 0 Å². The van der Waals surface area contributed by atoms with Gasteiger partial charge in [0.1, 0.15) is 11.5 Å². The van der Waals surface area contributed by atoms with Gasteiger partial charge in [-0.3, -0.25) is 29.3 Å². The van der Waals surface area contributed by atoms with Gasteiger partial charge in [-0.15, -0.1) is 11.3 Å². The quantitative estimate of drug-likeness (QED) is 0.424. The first-order chi connectivity index (χ1) is 15.0. The second-order valence-electron chi connectivity index (χ2n) is 6.70. The number of hydrogen-bond donors (Lipinski definition) is 3. The Morgan fingerprint density at radius 2 is 1.81 bits per heavy atom. The summed E-state index contributed by atoms with van der Waals surface area (Å²) in [7, 11) is 0. The number of benzene rings is 1. The van der Waals surface area contributed by atoms with Crippen molar-refractivity contribution in [3.05, 3.63) is 81.6 Å².